The van der Waals surface area contributed by atoms with Crippen molar-refractivity contribution in [2.45, 2.75) is 5.75 Å². The third kappa shape index (κ3) is 4.12. The Balaban J connectivity index is 1.68. The maximum Gasteiger partial charge on any atom is 0.251 e. The van der Waals surface area contributed by atoms with E-state index < -0.39 is 5.03 Å². The Hall–Kier alpha value is -2.29. The zero-order valence-corrected chi connectivity index (χ0v) is 11.4. The maximum atomic E-state index is 10.1. The summed E-state index contributed by atoms with van der Waals surface area (Å²) in [6.45, 7) is 0.477. The first-order valence-corrected chi connectivity index (χ1v) is 7.05. The highest BCUT2D eigenvalue weighted by molar-refractivity contribution is 7.98. The molecule has 2 rings (SSSR count). The molecule has 0 fully saturated rings. The average Bonchev–Trinajstić information content (AvgIpc) is 2.80. The molecule has 8 nitrogen and oxygen atoms in total. The molecule has 0 aliphatic carbocycles. The Morgan fingerprint density at radius 2 is 2.30 bits per heavy atom. The second-order valence-electron chi connectivity index (χ2n) is 3.92. The van der Waals surface area contributed by atoms with Crippen molar-refractivity contribution in [2.75, 3.05) is 12.3 Å². The summed E-state index contributed by atoms with van der Waals surface area (Å²) in [5.74, 6) is 2.04. The molecule has 0 unspecified atom stereocenters. The smallest absolute Gasteiger partial charge is 0.251 e. The largest absolute Gasteiger partial charge is 0.351 e. The van der Waals surface area contributed by atoms with E-state index in [4.69, 9.17) is 5.41 Å². The number of rotatable bonds is 6. The van der Waals surface area contributed by atoms with Crippen LogP contribution in [0.4, 0.5) is 0 Å². The summed E-state index contributed by atoms with van der Waals surface area (Å²) in [5.41, 5.74) is 3.69. The van der Waals surface area contributed by atoms with Crippen LogP contribution in [0.2, 0.25) is 0 Å². The number of guanidine groups is 1. The topological polar surface area (TPSA) is 120 Å². The second-order valence-corrected chi connectivity index (χ2v) is 5.03. The number of fused-ring (bicyclic) bond motifs is 1. The van der Waals surface area contributed by atoms with Crippen LogP contribution in [-0.4, -0.2) is 33.3 Å². The van der Waals surface area contributed by atoms with Crippen molar-refractivity contribution >= 4 is 28.8 Å². The fraction of sp³-hybridized carbons (Fsp3) is 0.273. The minimum Gasteiger partial charge on any atom is -0.351 e. The fourth-order valence-electron chi connectivity index (χ4n) is 1.62. The lowest BCUT2D eigenvalue weighted by Gasteiger charge is -2.03. The number of H-pyrrole nitrogens is 1. The lowest BCUT2D eigenvalue weighted by molar-refractivity contribution is -0.525. The molecule has 0 spiro atoms. The number of hydrogen-bond acceptors (Lipinski definition) is 5. The number of nitrogens with zero attached hydrogens (tertiary/aromatic N) is 2. The van der Waals surface area contributed by atoms with Crippen LogP contribution < -0.4 is 10.7 Å². The molecule has 1 aromatic carbocycles. The molecule has 9 heteroatoms. The van der Waals surface area contributed by atoms with Crippen molar-refractivity contribution in [1.29, 1.82) is 5.41 Å². The monoisotopic (exact) mass is 294 g/mol. The Labute approximate surface area is 119 Å². The summed E-state index contributed by atoms with van der Waals surface area (Å²) in [6.07, 6.45) is 0. The van der Waals surface area contributed by atoms with E-state index >= 15 is 0 Å². The minimum absolute atomic E-state index is 0.306. The van der Waals surface area contributed by atoms with Gasteiger partial charge in [-0.15, -0.1) is 0 Å². The number of hydrogen-bond donors (Lipinski definition) is 4. The molecule has 1 aromatic heterocycles. The molecule has 4 N–H and O–H groups in total. The van der Waals surface area contributed by atoms with Gasteiger partial charge in [0, 0.05) is 12.3 Å². The Morgan fingerprint density at radius 1 is 1.50 bits per heavy atom. The molecule has 0 radical (unpaired) electrons. The van der Waals surface area contributed by atoms with Crippen molar-refractivity contribution in [2.24, 2.45) is 0 Å². The number of nitrogens with one attached hydrogen (secondary N) is 4. The highest BCUT2D eigenvalue weighted by atomic mass is 32.2. The van der Waals surface area contributed by atoms with Gasteiger partial charge < -0.3 is 10.3 Å². The number of thioether (sulfide) groups is 1. The van der Waals surface area contributed by atoms with E-state index in [1.807, 2.05) is 24.3 Å². The Morgan fingerprint density at radius 3 is 3.05 bits per heavy atom. The van der Waals surface area contributed by atoms with Crippen LogP contribution in [0.25, 0.3) is 11.0 Å². The van der Waals surface area contributed by atoms with Crippen molar-refractivity contribution < 1.29 is 5.03 Å². The zero-order valence-electron chi connectivity index (χ0n) is 10.5. The van der Waals surface area contributed by atoms with Crippen molar-refractivity contribution in [3.8, 4) is 0 Å². The van der Waals surface area contributed by atoms with Crippen molar-refractivity contribution in [1.82, 2.24) is 20.7 Å². The van der Waals surface area contributed by atoms with E-state index in [0.717, 1.165) is 28.4 Å². The zero-order chi connectivity index (χ0) is 14.4. The number of nitro groups is 1. The summed E-state index contributed by atoms with van der Waals surface area (Å²) < 4.78 is 0. The molecule has 0 aliphatic rings. The number of aromatic nitrogens is 2. The third-order valence-corrected chi connectivity index (χ3v) is 3.40. The summed E-state index contributed by atoms with van der Waals surface area (Å²) in [7, 11) is 0. The summed E-state index contributed by atoms with van der Waals surface area (Å²) >= 11 is 1.63. The number of benzene rings is 1. The fourth-order valence-corrected chi connectivity index (χ4v) is 2.34. The number of aromatic amines is 1. The number of hydrazine groups is 1. The third-order valence-electron chi connectivity index (χ3n) is 2.43. The van der Waals surface area contributed by atoms with Crippen LogP contribution in [0.15, 0.2) is 24.3 Å². The molecule has 0 bridgehead atoms. The molecule has 0 saturated heterocycles. The number of para-hydroxylation sites is 2. The highest BCUT2D eigenvalue weighted by Gasteiger charge is 2.03. The predicted molar refractivity (Wildman–Crippen MR) is 78.1 cm³/mol. The second kappa shape index (κ2) is 6.75. The van der Waals surface area contributed by atoms with Gasteiger partial charge >= 0.3 is 0 Å². The predicted octanol–water partition coefficient (Wildman–Crippen LogP) is 1.10. The maximum absolute atomic E-state index is 10.1. The Bertz CT molecular complexity index is 581. The molecular weight excluding hydrogens is 280 g/mol. The van der Waals surface area contributed by atoms with Gasteiger partial charge in [-0.25, -0.2) is 15.1 Å². The Kier molecular flexibility index (Phi) is 4.77. The first-order chi connectivity index (χ1) is 9.65. The van der Waals surface area contributed by atoms with E-state index in [1.165, 1.54) is 0 Å². The van der Waals surface area contributed by atoms with Crippen molar-refractivity contribution in [3.63, 3.8) is 0 Å². The van der Waals surface area contributed by atoms with Gasteiger partial charge in [0.15, 0.2) is 5.03 Å². The van der Waals surface area contributed by atoms with Gasteiger partial charge in [-0.2, -0.15) is 11.8 Å². The molecule has 2 aromatic rings. The van der Waals surface area contributed by atoms with Gasteiger partial charge in [-0.1, -0.05) is 17.6 Å². The van der Waals surface area contributed by atoms with Gasteiger partial charge in [0.1, 0.15) is 5.82 Å². The quantitative estimate of drug-likeness (QED) is 0.208. The molecule has 0 saturated carbocycles. The molecule has 106 valence electrons. The van der Waals surface area contributed by atoms with Crippen LogP contribution in [0.5, 0.6) is 0 Å². The van der Waals surface area contributed by atoms with E-state index in [9.17, 15) is 10.1 Å². The average molecular weight is 294 g/mol. The van der Waals surface area contributed by atoms with Gasteiger partial charge in [-0.3, -0.25) is 5.41 Å². The van der Waals surface area contributed by atoms with Crippen LogP contribution in [0, 0.1) is 15.5 Å². The SMILES string of the molecule is N=C(NCCSCc1nc2ccccc2[nH]1)N[N+](=O)[O-]. The highest BCUT2D eigenvalue weighted by Crippen LogP contribution is 2.14. The molecule has 0 atom stereocenters. The van der Waals surface area contributed by atoms with Crippen LogP contribution in [0.3, 0.4) is 0 Å². The summed E-state index contributed by atoms with van der Waals surface area (Å²) in [6, 6.07) is 7.82. The lowest BCUT2D eigenvalue weighted by Crippen LogP contribution is -2.40. The number of imidazole rings is 1. The van der Waals surface area contributed by atoms with Crippen LogP contribution in [0.1, 0.15) is 5.82 Å². The van der Waals surface area contributed by atoms with E-state index in [0.29, 0.717) is 6.54 Å². The summed E-state index contributed by atoms with van der Waals surface area (Å²) in [5, 5.41) is 19.1. The lowest BCUT2D eigenvalue weighted by atomic mass is 10.3. The first-order valence-electron chi connectivity index (χ1n) is 5.90. The van der Waals surface area contributed by atoms with E-state index in [2.05, 4.69) is 15.3 Å². The molecule has 0 aliphatic heterocycles. The van der Waals surface area contributed by atoms with Gasteiger partial charge in [0.05, 0.1) is 16.8 Å². The van der Waals surface area contributed by atoms with Gasteiger partial charge in [0.2, 0.25) is 0 Å². The first kappa shape index (κ1) is 14.1. The van der Waals surface area contributed by atoms with Gasteiger partial charge in [0.25, 0.3) is 5.96 Å². The molecular formula is C11H14N6O2S. The molecule has 20 heavy (non-hydrogen) atoms. The van der Waals surface area contributed by atoms with Crippen LogP contribution in [-0.2, 0) is 5.75 Å². The van der Waals surface area contributed by atoms with Crippen molar-refractivity contribution in [3.05, 3.63) is 40.2 Å². The molecule has 0 amide bonds. The normalized spacial score (nSPS) is 10.4. The van der Waals surface area contributed by atoms with Crippen LogP contribution >= 0.6 is 11.8 Å². The summed E-state index contributed by atoms with van der Waals surface area (Å²) in [4.78, 5) is 17.7. The van der Waals surface area contributed by atoms with E-state index in [1.54, 1.807) is 17.2 Å². The molecule has 1 heterocycles. The van der Waals surface area contributed by atoms with Gasteiger partial charge in [-0.05, 0) is 12.1 Å². The standard InChI is InChI=1S/C11H14N6O2S/c12-11(16-17(18)19)13-5-6-20-7-10-14-8-3-1-2-4-9(8)15-10/h1-4H,5-7H2,(H,14,15)(H3,12,13,16). The minimum atomic E-state index is -0.767. The van der Waals surface area contributed by atoms with E-state index in [-0.39, 0.29) is 5.96 Å².